The third-order valence-electron chi connectivity index (χ3n) is 6.56. The van der Waals surface area contributed by atoms with Gasteiger partial charge >= 0.3 is 0 Å². The number of carbonyl (C=O) groups excluding carboxylic acids is 1. The lowest BCUT2D eigenvalue weighted by Crippen LogP contribution is -2.35. The highest BCUT2D eigenvalue weighted by Crippen LogP contribution is 2.31. The number of rotatable bonds is 7. The number of aryl methyl sites for hydroxylation is 1. The van der Waals surface area contributed by atoms with Crippen LogP contribution in [0, 0.1) is 0 Å². The first-order valence-corrected chi connectivity index (χ1v) is 11.7. The molecule has 0 bridgehead atoms. The summed E-state index contributed by atoms with van der Waals surface area (Å²) in [4.78, 5) is 32.3. The molecule has 0 saturated carbocycles. The summed E-state index contributed by atoms with van der Waals surface area (Å²) in [5.74, 6) is 0.000450. The first-order valence-electron chi connectivity index (χ1n) is 11.7. The average Bonchev–Trinajstić information content (AvgIpc) is 3.34. The standard InChI is InChI=1S/C27H31N3O3/c1-3-4-15-23-28-25(31)24(27(33)30(23)19(2)20-11-7-5-8-12-20)26(32)29-17-16-22(18-29)21-13-9-6-10-14-21/h5-14,19,22,33H,3-4,15-18H2,1-2H3/t19-,22-/m1/s1. The smallest absolute Gasteiger partial charge is 0.289 e. The third kappa shape index (κ3) is 4.70. The molecular formula is C27H31N3O3. The van der Waals surface area contributed by atoms with Crippen LogP contribution >= 0.6 is 0 Å². The summed E-state index contributed by atoms with van der Waals surface area (Å²) in [6.07, 6.45) is 3.16. The zero-order chi connectivity index (χ0) is 23.4. The molecule has 1 saturated heterocycles. The fraction of sp³-hybridized carbons (Fsp3) is 0.370. The van der Waals surface area contributed by atoms with Crippen molar-refractivity contribution in [1.82, 2.24) is 14.5 Å². The molecule has 0 radical (unpaired) electrons. The molecule has 2 atom stereocenters. The van der Waals surface area contributed by atoms with E-state index in [1.807, 2.05) is 55.5 Å². The fourth-order valence-corrected chi connectivity index (χ4v) is 4.65. The molecule has 3 aromatic rings. The van der Waals surface area contributed by atoms with Crippen LogP contribution in [0.15, 0.2) is 65.5 Å². The highest BCUT2D eigenvalue weighted by atomic mass is 16.3. The summed E-state index contributed by atoms with van der Waals surface area (Å²) in [6.45, 7) is 5.08. The van der Waals surface area contributed by atoms with Crippen molar-refractivity contribution >= 4 is 5.91 Å². The number of aromatic nitrogens is 2. The van der Waals surface area contributed by atoms with Gasteiger partial charge < -0.3 is 10.0 Å². The second kappa shape index (κ2) is 10.0. The maximum Gasteiger partial charge on any atom is 0.289 e. The van der Waals surface area contributed by atoms with Crippen LogP contribution in [0.1, 0.15) is 72.4 Å². The van der Waals surface area contributed by atoms with Gasteiger partial charge in [0.15, 0.2) is 5.56 Å². The molecule has 1 amide bonds. The van der Waals surface area contributed by atoms with Gasteiger partial charge in [0.2, 0.25) is 5.88 Å². The molecule has 1 N–H and O–H groups in total. The molecule has 1 fully saturated rings. The van der Waals surface area contributed by atoms with Crippen molar-refractivity contribution in [3.63, 3.8) is 0 Å². The molecule has 172 valence electrons. The average molecular weight is 446 g/mol. The highest BCUT2D eigenvalue weighted by molar-refractivity contribution is 5.96. The molecule has 2 aromatic carbocycles. The van der Waals surface area contributed by atoms with E-state index in [0.29, 0.717) is 25.3 Å². The number of hydrogen-bond acceptors (Lipinski definition) is 4. The van der Waals surface area contributed by atoms with Gasteiger partial charge in [-0.3, -0.25) is 14.2 Å². The van der Waals surface area contributed by atoms with Gasteiger partial charge in [0.05, 0.1) is 6.04 Å². The van der Waals surface area contributed by atoms with Crippen LogP contribution in [-0.2, 0) is 6.42 Å². The zero-order valence-corrected chi connectivity index (χ0v) is 19.3. The molecule has 1 aliphatic rings. The first-order chi connectivity index (χ1) is 16.0. The minimum absolute atomic E-state index is 0.222. The number of amides is 1. The summed E-state index contributed by atoms with van der Waals surface area (Å²) < 4.78 is 1.66. The van der Waals surface area contributed by atoms with E-state index in [1.165, 1.54) is 5.56 Å². The number of hydrogen-bond donors (Lipinski definition) is 1. The molecule has 1 aromatic heterocycles. The Morgan fingerprint density at radius 2 is 1.79 bits per heavy atom. The zero-order valence-electron chi connectivity index (χ0n) is 19.3. The van der Waals surface area contributed by atoms with E-state index in [4.69, 9.17) is 0 Å². The van der Waals surface area contributed by atoms with E-state index < -0.39 is 11.5 Å². The summed E-state index contributed by atoms with van der Waals surface area (Å²) in [5.41, 5.74) is 1.27. The van der Waals surface area contributed by atoms with Gasteiger partial charge in [-0.2, -0.15) is 4.98 Å². The molecular weight excluding hydrogens is 414 g/mol. The van der Waals surface area contributed by atoms with Crippen molar-refractivity contribution in [2.45, 2.75) is 51.5 Å². The maximum atomic E-state index is 13.4. The van der Waals surface area contributed by atoms with Crippen molar-refractivity contribution in [1.29, 1.82) is 0 Å². The summed E-state index contributed by atoms with van der Waals surface area (Å²) >= 11 is 0. The van der Waals surface area contributed by atoms with Gasteiger partial charge in [-0.25, -0.2) is 0 Å². The largest absolute Gasteiger partial charge is 0.494 e. The van der Waals surface area contributed by atoms with Crippen LogP contribution in [-0.4, -0.2) is 38.6 Å². The summed E-state index contributed by atoms with van der Waals surface area (Å²) in [6, 6.07) is 19.6. The number of likely N-dealkylation sites (tertiary alicyclic amines) is 1. The van der Waals surface area contributed by atoms with Crippen LogP contribution in [0.25, 0.3) is 0 Å². The monoisotopic (exact) mass is 445 g/mol. The maximum absolute atomic E-state index is 13.4. The lowest BCUT2D eigenvalue weighted by molar-refractivity contribution is 0.0783. The minimum atomic E-state index is -0.650. The van der Waals surface area contributed by atoms with Gasteiger partial charge in [0.25, 0.3) is 11.5 Å². The van der Waals surface area contributed by atoms with Gasteiger partial charge in [-0.05, 0) is 30.9 Å². The van der Waals surface area contributed by atoms with Gasteiger partial charge in [0.1, 0.15) is 5.82 Å². The Labute approximate surface area is 194 Å². The minimum Gasteiger partial charge on any atom is -0.494 e. The van der Waals surface area contributed by atoms with Crippen LogP contribution in [0.2, 0.25) is 0 Å². The van der Waals surface area contributed by atoms with Crippen molar-refractivity contribution in [2.24, 2.45) is 0 Å². The number of benzene rings is 2. The molecule has 0 aliphatic carbocycles. The Balaban J connectivity index is 1.70. The molecule has 0 spiro atoms. The molecule has 1 aliphatic heterocycles. The van der Waals surface area contributed by atoms with E-state index in [9.17, 15) is 14.7 Å². The van der Waals surface area contributed by atoms with Crippen LogP contribution in [0.4, 0.5) is 0 Å². The second-order valence-corrected chi connectivity index (χ2v) is 8.74. The van der Waals surface area contributed by atoms with E-state index in [2.05, 4.69) is 24.0 Å². The number of aromatic hydroxyl groups is 1. The highest BCUT2D eigenvalue weighted by Gasteiger charge is 2.33. The van der Waals surface area contributed by atoms with Crippen molar-refractivity contribution in [3.8, 4) is 5.88 Å². The molecule has 2 heterocycles. The molecule has 6 nitrogen and oxygen atoms in total. The van der Waals surface area contributed by atoms with Crippen LogP contribution < -0.4 is 5.56 Å². The first kappa shape index (κ1) is 22.8. The van der Waals surface area contributed by atoms with Crippen LogP contribution in [0.3, 0.4) is 0 Å². The molecule has 6 heteroatoms. The Hall–Kier alpha value is -3.41. The van der Waals surface area contributed by atoms with Crippen molar-refractivity contribution in [2.75, 3.05) is 13.1 Å². The van der Waals surface area contributed by atoms with E-state index in [1.54, 1.807) is 9.47 Å². The molecule has 0 unspecified atom stereocenters. The Bertz CT molecular complexity index is 1160. The quantitative estimate of drug-likeness (QED) is 0.580. The van der Waals surface area contributed by atoms with Gasteiger partial charge in [0, 0.05) is 25.4 Å². The number of carbonyl (C=O) groups is 1. The Morgan fingerprint density at radius 1 is 1.12 bits per heavy atom. The van der Waals surface area contributed by atoms with Crippen LogP contribution in [0.5, 0.6) is 5.88 Å². The van der Waals surface area contributed by atoms with Gasteiger partial charge in [-0.15, -0.1) is 0 Å². The number of nitrogens with zero attached hydrogens (tertiary/aromatic N) is 3. The van der Waals surface area contributed by atoms with Gasteiger partial charge in [-0.1, -0.05) is 74.0 Å². The topological polar surface area (TPSA) is 75.4 Å². The lowest BCUT2D eigenvalue weighted by atomic mass is 9.99. The van der Waals surface area contributed by atoms with E-state index >= 15 is 0 Å². The van der Waals surface area contributed by atoms with Crippen molar-refractivity contribution < 1.29 is 9.90 Å². The Kier molecular flexibility index (Phi) is 6.92. The predicted octanol–water partition coefficient (Wildman–Crippen LogP) is 4.53. The fourth-order valence-electron chi connectivity index (χ4n) is 4.65. The molecule has 33 heavy (non-hydrogen) atoms. The SMILES string of the molecule is CCCCc1nc(=O)c(C(=O)N2CC[C@@H](c3ccccc3)C2)c(O)n1[C@H](C)c1ccccc1. The van der Waals surface area contributed by atoms with E-state index in [-0.39, 0.29) is 23.4 Å². The Morgan fingerprint density at radius 3 is 2.45 bits per heavy atom. The number of unbranched alkanes of at least 4 members (excludes halogenated alkanes) is 1. The summed E-state index contributed by atoms with van der Waals surface area (Å²) in [5, 5.41) is 11.3. The lowest BCUT2D eigenvalue weighted by Gasteiger charge is -2.24. The third-order valence-corrected chi connectivity index (χ3v) is 6.56. The normalized spacial score (nSPS) is 16.7. The summed E-state index contributed by atoms with van der Waals surface area (Å²) in [7, 11) is 0. The molecule has 4 rings (SSSR count). The predicted molar refractivity (Wildman–Crippen MR) is 129 cm³/mol. The second-order valence-electron chi connectivity index (χ2n) is 8.74. The van der Waals surface area contributed by atoms with E-state index in [0.717, 1.165) is 24.8 Å². The van der Waals surface area contributed by atoms with Crippen molar-refractivity contribution in [3.05, 3.63) is 93.5 Å².